The van der Waals surface area contributed by atoms with Crippen molar-refractivity contribution in [2.45, 2.75) is 45.1 Å². The number of hydrogen-bond donors (Lipinski definition) is 1. The molecule has 1 N–H and O–H groups in total. The second kappa shape index (κ2) is 6.94. The van der Waals surface area contributed by atoms with Gasteiger partial charge in [-0.25, -0.2) is 0 Å². The molecule has 110 valence electrons. The summed E-state index contributed by atoms with van der Waals surface area (Å²) < 4.78 is 1.32. The maximum Gasteiger partial charge on any atom is 0.257 e. The SMILES string of the molecule is CCN(C(=O)c1cc(Br)cc(Br)c1O)C1CCCCC1. The van der Waals surface area contributed by atoms with E-state index < -0.39 is 0 Å². The predicted molar refractivity (Wildman–Crippen MR) is 87.1 cm³/mol. The van der Waals surface area contributed by atoms with Gasteiger partial charge in [0.05, 0.1) is 10.0 Å². The van der Waals surface area contributed by atoms with Gasteiger partial charge in [-0.05, 0) is 47.8 Å². The number of amides is 1. The van der Waals surface area contributed by atoms with Gasteiger partial charge in [-0.1, -0.05) is 35.2 Å². The molecule has 2 rings (SSSR count). The molecule has 1 aliphatic carbocycles. The number of nitrogens with zero attached hydrogens (tertiary/aromatic N) is 1. The fourth-order valence-electron chi connectivity index (χ4n) is 2.84. The summed E-state index contributed by atoms with van der Waals surface area (Å²) in [5, 5.41) is 10.1. The van der Waals surface area contributed by atoms with Crippen molar-refractivity contribution in [3.63, 3.8) is 0 Å². The smallest absolute Gasteiger partial charge is 0.257 e. The summed E-state index contributed by atoms with van der Waals surface area (Å²) in [6.45, 7) is 2.67. The summed E-state index contributed by atoms with van der Waals surface area (Å²) in [5.74, 6) is -0.0636. The van der Waals surface area contributed by atoms with Gasteiger partial charge in [0, 0.05) is 17.1 Å². The van der Waals surface area contributed by atoms with Gasteiger partial charge < -0.3 is 10.0 Å². The van der Waals surface area contributed by atoms with Crippen LogP contribution in [0.4, 0.5) is 0 Å². The first-order valence-electron chi connectivity index (χ1n) is 7.03. The lowest BCUT2D eigenvalue weighted by molar-refractivity contribution is 0.0644. The second-order valence-electron chi connectivity index (χ2n) is 5.17. The summed E-state index contributed by atoms with van der Waals surface area (Å²) in [6.07, 6.45) is 5.76. The standard InChI is InChI=1S/C15H19Br2NO2/c1-2-18(11-6-4-3-5-7-11)15(20)12-8-10(16)9-13(17)14(12)19/h8-9,11,19H,2-7H2,1H3. The zero-order chi connectivity index (χ0) is 14.7. The number of carbonyl (C=O) groups excluding carboxylic acids is 1. The Labute approximate surface area is 136 Å². The Morgan fingerprint density at radius 2 is 1.95 bits per heavy atom. The monoisotopic (exact) mass is 403 g/mol. The number of benzene rings is 1. The Morgan fingerprint density at radius 1 is 1.30 bits per heavy atom. The summed E-state index contributed by atoms with van der Waals surface area (Å²) in [5.41, 5.74) is 0.360. The van der Waals surface area contributed by atoms with E-state index in [2.05, 4.69) is 31.9 Å². The molecule has 0 bridgehead atoms. The Hall–Kier alpha value is -0.550. The predicted octanol–water partition coefficient (Wildman–Crippen LogP) is 4.71. The van der Waals surface area contributed by atoms with Gasteiger partial charge in [0.2, 0.25) is 0 Å². The van der Waals surface area contributed by atoms with Crippen molar-refractivity contribution in [2.24, 2.45) is 0 Å². The number of halogens is 2. The highest BCUT2D eigenvalue weighted by Crippen LogP contribution is 2.33. The lowest BCUT2D eigenvalue weighted by atomic mass is 9.93. The molecular weight excluding hydrogens is 386 g/mol. The van der Waals surface area contributed by atoms with Crippen molar-refractivity contribution in [3.8, 4) is 5.75 Å². The minimum absolute atomic E-state index is 0.0208. The fourth-order valence-corrected chi connectivity index (χ4v) is 4.07. The van der Waals surface area contributed by atoms with Gasteiger partial charge in [0.1, 0.15) is 5.75 Å². The average Bonchev–Trinajstić information content (AvgIpc) is 2.44. The third-order valence-corrected chi connectivity index (χ3v) is 4.94. The van der Waals surface area contributed by atoms with Crippen LogP contribution in [0.1, 0.15) is 49.4 Å². The average molecular weight is 405 g/mol. The molecule has 1 aromatic rings. The van der Waals surface area contributed by atoms with E-state index in [0.29, 0.717) is 22.6 Å². The summed E-state index contributed by atoms with van der Waals surface area (Å²) in [7, 11) is 0. The quantitative estimate of drug-likeness (QED) is 0.792. The Balaban J connectivity index is 2.28. The normalized spacial score (nSPS) is 16.1. The van der Waals surface area contributed by atoms with E-state index in [4.69, 9.17) is 0 Å². The Bertz CT molecular complexity index is 499. The first-order chi connectivity index (χ1) is 9.54. The van der Waals surface area contributed by atoms with E-state index in [0.717, 1.165) is 17.3 Å². The first-order valence-corrected chi connectivity index (χ1v) is 8.62. The van der Waals surface area contributed by atoms with Crippen LogP contribution in [0, 0.1) is 0 Å². The van der Waals surface area contributed by atoms with Crippen LogP contribution in [-0.4, -0.2) is 28.5 Å². The number of carbonyl (C=O) groups is 1. The molecule has 0 atom stereocenters. The Kier molecular flexibility index (Phi) is 5.49. The second-order valence-corrected chi connectivity index (χ2v) is 6.94. The van der Waals surface area contributed by atoms with E-state index >= 15 is 0 Å². The lowest BCUT2D eigenvalue weighted by Gasteiger charge is -2.33. The van der Waals surface area contributed by atoms with Crippen molar-refractivity contribution in [1.29, 1.82) is 0 Å². The first kappa shape index (κ1) is 15.8. The van der Waals surface area contributed by atoms with Crippen molar-refractivity contribution in [1.82, 2.24) is 4.90 Å². The van der Waals surface area contributed by atoms with Crippen LogP contribution in [0.2, 0.25) is 0 Å². The Morgan fingerprint density at radius 3 is 2.55 bits per heavy atom. The van der Waals surface area contributed by atoms with E-state index in [9.17, 15) is 9.90 Å². The van der Waals surface area contributed by atoms with E-state index in [1.165, 1.54) is 19.3 Å². The van der Waals surface area contributed by atoms with Gasteiger partial charge in [0.25, 0.3) is 5.91 Å². The zero-order valence-electron chi connectivity index (χ0n) is 11.5. The number of aromatic hydroxyl groups is 1. The summed E-state index contributed by atoms with van der Waals surface area (Å²) in [4.78, 5) is 14.6. The molecule has 1 fully saturated rings. The van der Waals surface area contributed by atoms with Gasteiger partial charge in [-0.2, -0.15) is 0 Å². The molecule has 3 nitrogen and oxygen atoms in total. The maximum absolute atomic E-state index is 12.7. The molecule has 1 amide bonds. The van der Waals surface area contributed by atoms with Crippen LogP contribution >= 0.6 is 31.9 Å². The maximum atomic E-state index is 12.7. The molecule has 0 radical (unpaired) electrons. The van der Waals surface area contributed by atoms with Crippen LogP contribution < -0.4 is 0 Å². The molecule has 0 aromatic heterocycles. The minimum atomic E-state index is -0.0844. The number of rotatable bonds is 3. The topological polar surface area (TPSA) is 40.5 Å². The van der Waals surface area contributed by atoms with Gasteiger partial charge >= 0.3 is 0 Å². The molecule has 0 aliphatic heterocycles. The molecule has 0 unspecified atom stereocenters. The van der Waals surface area contributed by atoms with Crippen molar-refractivity contribution in [2.75, 3.05) is 6.54 Å². The van der Waals surface area contributed by atoms with E-state index in [1.54, 1.807) is 12.1 Å². The highest BCUT2D eigenvalue weighted by atomic mass is 79.9. The van der Waals surface area contributed by atoms with Crippen LogP contribution in [-0.2, 0) is 0 Å². The molecule has 0 heterocycles. The third kappa shape index (κ3) is 3.37. The highest BCUT2D eigenvalue weighted by molar-refractivity contribution is 9.11. The number of phenols is 1. The van der Waals surface area contributed by atoms with Gasteiger partial charge in [-0.15, -0.1) is 0 Å². The van der Waals surface area contributed by atoms with E-state index in [-0.39, 0.29) is 11.7 Å². The molecule has 0 spiro atoms. The van der Waals surface area contributed by atoms with Crippen molar-refractivity contribution < 1.29 is 9.90 Å². The molecule has 20 heavy (non-hydrogen) atoms. The molecule has 0 saturated heterocycles. The third-order valence-electron chi connectivity index (χ3n) is 3.88. The lowest BCUT2D eigenvalue weighted by Crippen LogP contribution is -2.41. The van der Waals surface area contributed by atoms with Crippen LogP contribution in [0.25, 0.3) is 0 Å². The van der Waals surface area contributed by atoms with E-state index in [1.807, 2.05) is 11.8 Å². The van der Waals surface area contributed by atoms with Crippen molar-refractivity contribution >= 4 is 37.8 Å². The molecule has 5 heteroatoms. The fraction of sp³-hybridized carbons (Fsp3) is 0.533. The van der Waals surface area contributed by atoms with Crippen LogP contribution in [0.3, 0.4) is 0 Å². The summed E-state index contributed by atoms with van der Waals surface area (Å²) >= 11 is 6.65. The molecule has 1 aromatic carbocycles. The molecule has 1 saturated carbocycles. The highest BCUT2D eigenvalue weighted by Gasteiger charge is 2.27. The van der Waals surface area contributed by atoms with Crippen LogP contribution in [0.15, 0.2) is 21.1 Å². The molecule has 1 aliphatic rings. The number of phenolic OH excluding ortho intramolecular Hbond substituents is 1. The molecular formula is C15H19Br2NO2. The largest absolute Gasteiger partial charge is 0.506 e. The number of hydrogen-bond acceptors (Lipinski definition) is 2. The van der Waals surface area contributed by atoms with Gasteiger partial charge in [0.15, 0.2) is 0 Å². The van der Waals surface area contributed by atoms with Crippen molar-refractivity contribution in [3.05, 3.63) is 26.6 Å². The summed E-state index contributed by atoms with van der Waals surface area (Å²) in [6, 6.07) is 3.73. The van der Waals surface area contributed by atoms with Gasteiger partial charge in [-0.3, -0.25) is 4.79 Å². The minimum Gasteiger partial charge on any atom is -0.506 e. The van der Waals surface area contributed by atoms with Crippen LogP contribution in [0.5, 0.6) is 5.75 Å². The zero-order valence-corrected chi connectivity index (χ0v) is 14.7.